The highest BCUT2D eigenvalue weighted by Crippen LogP contribution is 2.43. The summed E-state index contributed by atoms with van der Waals surface area (Å²) < 4.78 is 21.7. The summed E-state index contributed by atoms with van der Waals surface area (Å²) >= 11 is 0. The van der Waals surface area contributed by atoms with E-state index in [1.54, 1.807) is 28.4 Å². The summed E-state index contributed by atoms with van der Waals surface area (Å²) in [6.07, 6.45) is 4.39. The maximum Gasteiger partial charge on any atom is 0.227 e. The molecule has 1 heterocycles. The van der Waals surface area contributed by atoms with Gasteiger partial charge in [-0.25, -0.2) is 0 Å². The van der Waals surface area contributed by atoms with Crippen molar-refractivity contribution in [3.05, 3.63) is 46.5 Å². The fourth-order valence-corrected chi connectivity index (χ4v) is 5.04. The van der Waals surface area contributed by atoms with Crippen LogP contribution in [0.15, 0.2) is 24.3 Å². The van der Waals surface area contributed by atoms with Crippen LogP contribution in [0.2, 0.25) is 0 Å². The number of hydrogen-bond donors (Lipinski definition) is 1. The van der Waals surface area contributed by atoms with Crippen LogP contribution in [0.1, 0.15) is 41.0 Å². The lowest BCUT2D eigenvalue weighted by Gasteiger charge is -2.31. The maximum absolute atomic E-state index is 12.8. The molecule has 0 spiro atoms. The van der Waals surface area contributed by atoms with Gasteiger partial charge in [0.2, 0.25) is 5.91 Å². The molecule has 7 heteroatoms. The van der Waals surface area contributed by atoms with E-state index in [0.717, 1.165) is 74.7 Å². The van der Waals surface area contributed by atoms with Crippen LogP contribution in [0.5, 0.6) is 23.0 Å². The molecule has 0 saturated carbocycles. The molecule has 1 N–H and O–H groups in total. The molecular formula is C27H36N2O5. The number of nitrogens with zero attached hydrogens (tertiary/aromatic N) is 1. The predicted molar refractivity (Wildman–Crippen MR) is 132 cm³/mol. The van der Waals surface area contributed by atoms with Crippen LogP contribution >= 0.6 is 0 Å². The lowest BCUT2D eigenvalue weighted by molar-refractivity contribution is -0.130. The zero-order valence-electron chi connectivity index (χ0n) is 20.7. The van der Waals surface area contributed by atoms with Crippen LogP contribution in [0.3, 0.4) is 0 Å². The van der Waals surface area contributed by atoms with Gasteiger partial charge >= 0.3 is 0 Å². The van der Waals surface area contributed by atoms with Crippen LogP contribution in [-0.4, -0.2) is 65.4 Å². The van der Waals surface area contributed by atoms with Gasteiger partial charge in [0.15, 0.2) is 23.0 Å². The second kappa shape index (κ2) is 11.0. The molecular weight excluding hydrogens is 432 g/mol. The van der Waals surface area contributed by atoms with Crippen molar-refractivity contribution < 1.29 is 23.7 Å². The normalized spacial score (nSPS) is 16.8. The van der Waals surface area contributed by atoms with Gasteiger partial charge in [-0.15, -0.1) is 0 Å². The van der Waals surface area contributed by atoms with Crippen molar-refractivity contribution in [2.45, 2.75) is 38.0 Å². The largest absolute Gasteiger partial charge is 0.493 e. The van der Waals surface area contributed by atoms with Gasteiger partial charge in [-0.3, -0.25) is 4.79 Å². The zero-order valence-corrected chi connectivity index (χ0v) is 20.7. The van der Waals surface area contributed by atoms with E-state index in [0.29, 0.717) is 18.1 Å². The lowest BCUT2D eigenvalue weighted by Crippen LogP contribution is -2.34. The first kappa shape index (κ1) is 24.2. The van der Waals surface area contributed by atoms with Crippen molar-refractivity contribution in [3.63, 3.8) is 0 Å². The minimum atomic E-state index is 0.182. The Morgan fingerprint density at radius 1 is 0.853 bits per heavy atom. The van der Waals surface area contributed by atoms with Crippen LogP contribution in [0, 0.1) is 0 Å². The quantitative estimate of drug-likeness (QED) is 0.510. The number of carbonyl (C=O) groups excluding carboxylic acids is 1. The summed E-state index contributed by atoms with van der Waals surface area (Å²) in [7, 11) is 6.63. The average Bonchev–Trinajstić information content (AvgIpc) is 2.99. The highest BCUT2D eigenvalue weighted by atomic mass is 16.5. The Morgan fingerprint density at radius 3 is 2.15 bits per heavy atom. The van der Waals surface area contributed by atoms with Crippen LogP contribution < -0.4 is 24.3 Å². The lowest BCUT2D eigenvalue weighted by atomic mass is 9.75. The summed E-state index contributed by atoms with van der Waals surface area (Å²) in [5, 5.41) is 3.56. The van der Waals surface area contributed by atoms with E-state index < -0.39 is 0 Å². The summed E-state index contributed by atoms with van der Waals surface area (Å²) in [5.41, 5.74) is 4.95. The van der Waals surface area contributed by atoms with Crippen molar-refractivity contribution >= 4 is 5.91 Å². The number of fused-ring (bicyclic) bond motifs is 2. The maximum atomic E-state index is 12.8. The molecule has 1 atom stereocenters. The molecule has 34 heavy (non-hydrogen) atoms. The molecule has 2 aromatic rings. The molecule has 0 bridgehead atoms. The molecule has 0 unspecified atom stereocenters. The second-order valence-corrected chi connectivity index (χ2v) is 8.98. The SMILES string of the molecule is COc1cc2c(cc1OC)CC(=O)N(CCCNCC[C@H]1Cc3cc(OC)c(OC)cc31)CC2. The zero-order chi connectivity index (χ0) is 24.1. The topological polar surface area (TPSA) is 69.3 Å². The molecule has 0 fully saturated rings. The van der Waals surface area contributed by atoms with E-state index in [9.17, 15) is 4.79 Å². The average molecular weight is 469 g/mol. The minimum Gasteiger partial charge on any atom is -0.493 e. The first-order chi connectivity index (χ1) is 16.6. The van der Waals surface area contributed by atoms with Gasteiger partial charge in [0.25, 0.3) is 0 Å². The summed E-state index contributed by atoms with van der Waals surface area (Å²) in [4.78, 5) is 14.8. The Bertz CT molecular complexity index is 1020. The van der Waals surface area contributed by atoms with Crippen LogP contribution in [0.25, 0.3) is 0 Å². The highest BCUT2D eigenvalue weighted by molar-refractivity contribution is 5.80. The number of benzene rings is 2. The molecule has 184 valence electrons. The van der Waals surface area contributed by atoms with Crippen LogP contribution in [-0.2, 0) is 24.1 Å². The van der Waals surface area contributed by atoms with Crippen molar-refractivity contribution in [2.24, 2.45) is 0 Å². The summed E-state index contributed by atoms with van der Waals surface area (Å²) in [6.45, 7) is 3.39. The third-order valence-corrected chi connectivity index (χ3v) is 7.05. The van der Waals surface area contributed by atoms with Crippen molar-refractivity contribution in [2.75, 3.05) is 54.6 Å². The molecule has 0 aromatic heterocycles. The van der Waals surface area contributed by atoms with Gasteiger partial charge in [-0.2, -0.15) is 0 Å². The number of amides is 1. The third-order valence-electron chi connectivity index (χ3n) is 7.05. The Balaban J connectivity index is 1.19. The molecule has 0 saturated heterocycles. The minimum absolute atomic E-state index is 0.182. The van der Waals surface area contributed by atoms with Gasteiger partial charge in [0.05, 0.1) is 34.9 Å². The number of nitrogens with one attached hydrogen (secondary N) is 1. The molecule has 4 rings (SSSR count). The smallest absolute Gasteiger partial charge is 0.227 e. The third kappa shape index (κ3) is 5.09. The fraction of sp³-hybridized carbons (Fsp3) is 0.519. The summed E-state index contributed by atoms with van der Waals surface area (Å²) in [5.74, 6) is 3.77. The first-order valence-corrected chi connectivity index (χ1v) is 12.0. The number of methoxy groups -OCH3 is 4. The standard InChI is InChI=1S/C27H36N2O5/c1-31-23-13-18-7-11-29(27(30)16-20(18)14-24(23)32-2)10-5-8-28-9-6-19-12-21-15-25(33-3)26(34-4)17-22(19)21/h13-15,17,19,28H,5-12,16H2,1-4H3/t19-/m0/s1. The van der Waals surface area contributed by atoms with E-state index >= 15 is 0 Å². The van der Waals surface area contributed by atoms with Crippen LogP contribution in [0.4, 0.5) is 0 Å². The van der Waals surface area contributed by atoms with Gasteiger partial charge in [-0.1, -0.05) is 0 Å². The van der Waals surface area contributed by atoms with Gasteiger partial charge in [-0.05, 0) is 91.2 Å². The Morgan fingerprint density at radius 2 is 1.47 bits per heavy atom. The number of ether oxygens (including phenoxy) is 4. The molecule has 2 aromatic carbocycles. The molecule has 1 aliphatic carbocycles. The van der Waals surface area contributed by atoms with Gasteiger partial charge < -0.3 is 29.2 Å². The molecule has 7 nitrogen and oxygen atoms in total. The predicted octanol–water partition coefficient (Wildman–Crippen LogP) is 3.36. The van der Waals surface area contributed by atoms with Gasteiger partial charge in [0.1, 0.15) is 0 Å². The van der Waals surface area contributed by atoms with E-state index in [1.165, 1.54) is 16.7 Å². The molecule has 1 aliphatic heterocycles. The molecule has 0 radical (unpaired) electrons. The van der Waals surface area contributed by atoms with Crippen molar-refractivity contribution in [1.82, 2.24) is 10.2 Å². The number of hydrogen-bond acceptors (Lipinski definition) is 6. The van der Waals surface area contributed by atoms with Gasteiger partial charge in [0, 0.05) is 13.1 Å². The van der Waals surface area contributed by atoms with E-state index in [1.807, 2.05) is 17.0 Å². The van der Waals surface area contributed by atoms with E-state index in [2.05, 4.69) is 17.4 Å². The Kier molecular flexibility index (Phi) is 7.83. The van der Waals surface area contributed by atoms with E-state index in [-0.39, 0.29) is 5.91 Å². The number of carbonyl (C=O) groups is 1. The highest BCUT2D eigenvalue weighted by Gasteiger charge is 2.28. The monoisotopic (exact) mass is 468 g/mol. The Labute approximate surface area is 202 Å². The number of rotatable bonds is 11. The summed E-state index contributed by atoms with van der Waals surface area (Å²) in [6, 6.07) is 8.18. The van der Waals surface area contributed by atoms with E-state index in [4.69, 9.17) is 18.9 Å². The second-order valence-electron chi connectivity index (χ2n) is 8.98. The van der Waals surface area contributed by atoms with Crippen molar-refractivity contribution in [3.8, 4) is 23.0 Å². The molecule has 1 amide bonds. The first-order valence-electron chi connectivity index (χ1n) is 12.0. The van der Waals surface area contributed by atoms with Crippen molar-refractivity contribution in [1.29, 1.82) is 0 Å². The Hall–Kier alpha value is -2.93. The fourth-order valence-electron chi connectivity index (χ4n) is 5.04. The molecule has 2 aliphatic rings.